The largest absolute Gasteiger partial charge is 0.460 e. The van der Waals surface area contributed by atoms with E-state index in [2.05, 4.69) is 0 Å². The van der Waals surface area contributed by atoms with Gasteiger partial charge >= 0.3 is 5.97 Å². The minimum Gasteiger partial charge on any atom is -0.460 e. The molecule has 114 valence electrons. The van der Waals surface area contributed by atoms with Gasteiger partial charge in [-0.1, -0.05) is 24.3 Å². The van der Waals surface area contributed by atoms with Crippen LogP contribution >= 0.6 is 0 Å². The van der Waals surface area contributed by atoms with E-state index in [1.54, 1.807) is 0 Å². The van der Waals surface area contributed by atoms with E-state index in [0.717, 1.165) is 24.8 Å². The highest BCUT2D eigenvalue weighted by Gasteiger charge is 2.21. The van der Waals surface area contributed by atoms with Crippen LogP contribution in [0.5, 0.6) is 0 Å². The Hall–Kier alpha value is -1.64. The van der Waals surface area contributed by atoms with Crippen molar-refractivity contribution in [3.05, 3.63) is 35.4 Å². The highest BCUT2D eigenvalue weighted by molar-refractivity contribution is 5.80. The molecule has 1 saturated carbocycles. The molecule has 0 spiro atoms. The summed E-state index contributed by atoms with van der Waals surface area (Å²) in [4.78, 5) is 23.3. The van der Waals surface area contributed by atoms with E-state index in [1.165, 1.54) is 5.56 Å². The second kappa shape index (κ2) is 6.42. The van der Waals surface area contributed by atoms with Gasteiger partial charge in [0.05, 0.1) is 6.42 Å². The van der Waals surface area contributed by atoms with Crippen LogP contribution in [0, 0.1) is 0 Å². The summed E-state index contributed by atoms with van der Waals surface area (Å²) in [6.07, 6.45) is 3.75. The van der Waals surface area contributed by atoms with Crippen molar-refractivity contribution in [1.82, 2.24) is 0 Å². The van der Waals surface area contributed by atoms with Gasteiger partial charge in [0.25, 0.3) is 0 Å². The predicted octanol–water partition coefficient (Wildman–Crippen LogP) is 3.80. The lowest BCUT2D eigenvalue weighted by Gasteiger charge is -2.21. The highest BCUT2D eigenvalue weighted by Crippen LogP contribution is 2.31. The van der Waals surface area contributed by atoms with Crippen LogP contribution in [0.4, 0.5) is 0 Å². The fourth-order valence-electron chi connectivity index (χ4n) is 2.76. The Labute approximate surface area is 126 Å². The number of hydrogen-bond acceptors (Lipinski definition) is 3. The molecule has 0 aromatic heterocycles. The maximum Gasteiger partial charge on any atom is 0.310 e. The molecule has 3 nitrogen and oxygen atoms in total. The molecule has 0 amide bonds. The standard InChI is InChI=1S/C18H24O3/c1-18(2,3)21-17(20)11-13-7-9-14(10-8-13)15-5-4-6-16(19)12-15/h7-10,15H,4-6,11-12H2,1-3H3. The van der Waals surface area contributed by atoms with Crippen LogP contribution in [-0.4, -0.2) is 17.4 Å². The molecule has 1 atom stereocenters. The monoisotopic (exact) mass is 288 g/mol. The molecule has 1 aromatic carbocycles. The molecule has 0 aliphatic heterocycles. The highest BCUT2D eigenvalue weighted by atomic mass is 16.6. The number of carbonyl (C=O) groups excluding carboxylic acids is 2. The summed E-state index contributed by atoms with van der Waals surface area (Å²) in [6, 6.07) is 8.03. The van der Waals surface area contributed by atoms with E-state index in [9.17, 15) is 9.59 Å². The smallest absolute Gasteiger partial charge is 0.310 e. The summed E-state index contributed by atoms with van der Waals surface area (Å²) in [6.45, 7) is 5.61. The number of rotatable bonds is 3. The van der Waals surface area contributed by atoms with Gasteiger partial charge in [-0.15, -0.1) is 0 Å². The van der Waals surface area contributed by atoms with Gasteiger partial charge in [-0.25, -0.2) is 0 Å². The van der Waals surface area contributed by atoms with Gasteiger partial charge in [-0.3, -0.25) is 9.59 Å². The topological polar surface area (TPSA) is 43.4 Å². The fourth-order valence-corrected chi connectivity index (χ4v) is 2.76. The lowest BCUT2D eigenvalue weighted by atomic mass is 9.83. The quantitative estimate of drug-likeness (QED) is 0.795. The van der Waals surface area contributed by atoms with Crippen molar-refractivity contribution >= 4 is 11.8 Å². The maximum atomic E-state index is 11.8. The van der Waals surface area contributed by atoms with Crippen LogP contribution in [0.25, 0.3) is 0 Å². The zero-order chi connectivity index (χ0) is 15.5. The van der Waals surface area contributed by atoms with Gasteiger partial charge in [0.15, 0.2) is 0 Å². The van der Waals surface area contributed by atoms with E-state index in [-0.39, 0.29) is 5.97 Å². The van der Waals surface area contributed by atoms with Crippen molar-refractivity contribution in [3.8, 4) is 0 Å². The molecular formula is C18H24O3. The van der Waals surface area contributed by atoms with Crippen LogP contribution < -0.4 is 0 Å². The summed E-state index contributed by atoms with van der Waals surface area (Å²) in [5, 5.41) is 0. The summed E-state index contributed by atoms with van der Waals surface area (Å²) >= 11 is 0. The number of carbonyl (C=O) groups is 2. The summed E-state index contributed by atoms with van der Waals surface area (Å²) in [5.74, 6) is 0.508. The van der Waals surface area contributed by atoms with Crippen molar-refractivity contribution in [2.75, 3.05) is 0 Å². The Morgan fingerprint density at radius 1 is 1.24 bits per heavy atom. The first-order valence-electron chi connectivity index (χ1n) is 7.66. The molecule has 1 aliphatic rings. The van der Waals surface area contributed by atoms with E-state index >= 15 is 0 Å². The normalized spacial score (nSPS) is 19.4. The van der Waals surface area contributed by atoms with E-state index in [4.69, 9.17) is 4.74 Å². The molecule has 0 bridgehead atoms. The van der Waals surface area contributed by atoms with Crippen LogP contribution in [0.3, 0.4) is 0 Å². The minimum atomic E-state index is -0.445. The van der Waals surface area contributed by atoms with Crippen molar-refractivity contribution in [2.24, 2.45) is 0 Å². The average molecular weight is 288 g/mol. The third kappa shape index (κ3) is 5.00. The molecule has 21 heavy (non-hydrogen) atoms. The number of hydrogen-bond donors (Lipinski definition) is 0. The van der Waals surface area contributed by atoms with Gasteiger partial charge in [-0.05, 0) is 50.7 Å². The summed E-state index contributed by atoms with van der Waals surface area (Å²) in [5.41, 5.74) is 1.71. The zero-order valence-electron chi connectivity index (χ0n) is 13.1. The first kappa shape index (κ1) is 15.7. The van der Waals surface area contributed by atoms with Gasteiger partial charge < -0.3 is 4.74 Å². The van der Waals surface area contributed by atoms with E-state index in [1.807, 2.05) is 45.0 Å². The molecule has 0 N–H and O–H groups in total. The van der Waals surface area contributed by atoms with Crippen molar-refractivity contribution in [3.63, 3.8) is 0 Å². The Morgan fingerprint density at radius 3 is 2.48 bits per heavy atom. The zero-order valence-corrected chi connectivity index (χ0v) is 13.1. The Morgan fingerprint density at radius 2 is 1.90 bits per heavy atom. The Kier molecular flexibility index (Phi) is 4.81. The van der Waals surface area contributed by atoms with E-state index < -0.39 is 5.60 Å². The second-order valence-electron chi connectivity index (χ2n) is 6.84. The van der Waals surface area contributed by atoms with Gasteiger partial charge in [-0.2, -0.15) is 0 Å². The molecule has 1 aliphatic carbocycles. The third-order valence-electron chi connectivity index (χ3n) is 3.70. The second-order valence-corrected chi connectivity index (χ2v) is 6.84. The van der Waals surface area contributed by atoms with Gasteiger partial charge in [0.2, 0.25) is 0 Å². The molecule has 3 heteroatoms. The fraction of sp³-hybridized carbons (Fsp3) is 0.556. The number of Topliss-reactive ketones (excluding diaryl/α,β-unsaturated/α-hetero) is 1. The Bertz CT molecular complexity index is 508. The number of ketones is 1. The molecule has 1 fully saturated rings. The maximum absolute atomic E-state index is 11.8. The SMILES string of the molecule is CC(C)(C)OC(=O)Cc1ccc(C2CCCC(=O)C2)cc1. The average Bonchev–Trinajstić information content (AvgIpc) is 2.37. The molecular weight excluding hydrogens is 264 g/mol. The van der Waals surface area contributed by atoms with E-state index in [0.29, 0.717) is 24.5 Å². The number of ether oxygens (including phenoxy) is 1. The minimum absolute atomic E-state index is 0.205. The van der Waals surface area contributed by atoms with Gasteiger partial charge in [0.1, 0.15) is 11.4 Å². The first-order chi connectivity index (χ1) is 9.83. The molecule has 0 heterocycles. The predicted molar refractivity (Wildman–Crippen MR) is 82.2 cm³/mol. The summed E-state index contributed by atoms with van der Waals surface area (Å²) in [7, 11) is 0. The third-order valence-corrected chi connectivity index (χ3v) is 3.70. The molecule has 2 rings (SSSR count). The summed E-state index contributed by atoms with van der Waals surface area (Å²) < 4.78 is 5.32. The Balaban J connectivity index is 1.95. The van der Waals surface area contributed by atoms with Crippen LogP contribution in [0.15, 0.2) is 24.3 Å². The van der Waals surface area contributed by atoms with Crippen molar-refractivity contribution in [2.45, 2.75) is 64.4 Å². The van der Waals surface area contributed by atoms with Crippen LogP contribution in [0.1, 0.15) is 63.5 Å². The van der Waals surface area contributed by atoms with Crippen LogP contribution in [-0.2, 0) is 20.7 Å². The lowest BCUT2D eigenvalue weighted by Crippen LogP contribution is -2.24. The molecule has 0 radical (unpaired) electrons. The van der Waals surface area contributed by atoms with Gasteiger partial charge in [0, 0.05) is 12.8 Å². The number of benzene rings is 1. The first-order valence-corrected chi connectivity index (χ1v) is 7.66. The molecule has 1 unspecified atom stereocenters. The molecule has 0 saturated heterocycles. The molecule has 1 aromatic rings. The number of esters is 1. The van der Waals surface area contributed by atoms with Crippen molar-refractivity contribution in [1.29, 1.82) is 0 Å². The van der Waals surface area contributed by atoms with Crippen LogP contribution in [0.2, 0.25) is 0 Å². The van der Waals surface area contributed by atoms with Crippen molar-refractivity contribution < 1.29 is 14.3 Å². The lowest BCUT2D eigenvalue weighted by molar-refractivity contribution is -0.153.